The fourth-order valence-electron chi connectivity index (χ4n) is 1.59. The standard InChI is InChI=1S/C13H15FN2O5/c1-16(7-8-4-2-3-5-9(8)14)13(21)15-10(12(19)20)6-11(17)18/h2-5,10H,6-7H2,1H3,(H,15,21)(H,17,18)(H,19,20)/t10-/m0/s1. The zero-order valence-electron chi connectivity index (χ0n) is 11.2. The number of urea groups is 1. The van der Waals surface area contributed by atoms with Crippen LogP contribution in [0.4, 0.5) is 9.18 Å². The van der Waals surface area contributed by atoms with Crippen molar-refractivity contribution in [1.82, 2.24) is 10.2 Å². The fourth-order valence-corrected chi connectivity index (χ4v) is 1.59. The Bertz CT molecular complexity index is 549. The van der Waals surface area contributed by atoms with Crippen molar-refractivity contribution >= 4 is 18.0 Å². The van der Waals surface area contributed by atoms with E-state index < -0.39 is 36.2 Å². The van der Waals surface area contributed by atoms with Crippen LogP contribution in [0.25, 0.3) is 0 Å². The minimum atomic E-state index is -1.54. The monoisotopic (exact) mass is 298 g/mol. The molecule has 0 heterocycles. The molecule has 21 heavy (non-hydrogen) atoms. The van der Waals surface area contributed by atoms with Gasteiger partial charge in [0.2, 0.25) is 0 Å². The van der Waals surface area contributed by atoms with Gasteiger partial charge in [0.25, 0.3) is 0 Å². The number of carboxylic acid groups (broad SMARTS) is 2. The molecule has 7 nitrogen and oxygen atoms in total. The zero-order valence-corrected chi connectivity index (χ0v) is 11.2. The fraction of sp³-hybridized carbons (Fsp3) is 0.308. The van der Waals surface area contributed by atoms with Crippen molar-refractivity contribution < 1.29 is 29.0 Å². The highest BCUT2D eigenvalue weighted by Crippen LogP contribution is 2.09. The van der Waals surface area contributed by atoms with E-state index in [4.69, 9.17) is 10.2 Å². The third-order valence-electron chi connectivity index (χ3n) is 2.69. The van der Waals surface area contributed by atoms with E-state index in [0.29, 0.717) is 0 Å². The maximum Gasteiger partial charge on any atom is 0.326 e. The number of nitrogens with one attached hydrogen (secondary N) is 1. The molecule has 0 unspecified atom stereocenters. The molecule has 0 bridgehead atoms. The quantitative estimate of drug-likeness (QED) is 0.723. The molecular formula is C13H15FN2O5. The minimum absolute atomic E-state index is 0.0715. The SMILES string of the molecule is CN(Cc1ccccc1F)C(=O)N[C@@H](CC(=O)O)C(=O)O. The van der Waals surface area contributed by atoms with Crippen LogP contribution in [-0.4, -0.2) is 46.2 Å². The van der Waals surface area contributed by atoms with Crippen LogP contribution in [0.5, 0.6) is 0 Å². The average Bonchev–Trinajstić information content (AvgIpc) is 2.39. The van der Waals surface area contributed by atoms with Gasteiger partial charge in [-0.1, -0.05) is 18.2 Å². The van der Waals surface area contributed by atoms with Gasteiger partial charge in [-0.2, -0.15) is 0 Å². The van der Waals surface area contributed by atoms with Crippen molar-refractivity contribution in [3.63, 3.8) is 0 Å². The number of amides is 2. The van der Waals surface area contributed by atoms with Gasteiger partial charge in [-0.05, 0) is 6.07 Å². The van der Waals surface area contributed by atoms with E-state index in [1.54, 1.807) is 6.07 Å². The number of hydrogen-bond donors (Lipinski definition) is 3. The molecule has 0 aliphatic rings. The van der Waals surface area contributed by atoms with E-state index in [1.807, 2.05) is 0 Å². The molecule has 0 saturated carbocycles. The second-order valence-electron chi connectivity index (χ2n) is 4.39. The van der Waals surface area contributed by atoms with Crippen molar-refractivity contribution in [2.75, 3.05) is 7.05 Å². The lowest BCUT2D eigenvalue weighted by molar-refractivity contribution is -0.145. The highest BCUT2D eigenvalue weighted by Gasteiger charge is 2.24. The van der Waals surface area contributed by atoms with E-state index >= 15 is 0 Å². The number of rotatable bonds is 6. The Morgan fingerprint density at radius 2 is 1.90 bits per heavy atom. The van der Waals surface area contributed by atoms with Crippen molar-refractivity contribution in [3.8, 4) is 0 Å². The second-order valence-corrected chi connectivity index (χ2v) is 4.39. The number of halogens is 1. The molecule has 2 amide bonds. The molecular weight excluding hydrogens is 283 g/mol. The molecule has 0 spiro atoms. The van der Waals surface area contributed by atoms with Crippen molar-refractivity contribution in [1.29, 1.82) is 0 Å². The molecule has 0 aromatic heterocycles. The van der Waals surface area contributed by atoms with E-state index in [0.717, 1.165) is 4.90 Å². The van der Waals surface area contributed by atoms with Gasteiger partial charge in [-0.3, -0.25) is 4.79 Å². The van der Waals surface area contributed by atoms with Crippen LogP contribution in [0.3, 0.4) is 0 Å². The first-order valence-electron chi connectivity index (χ1n) is 6.01. The van der Waals surface area contributed by atoms with Crippen LogP contribution in [0.15, 0.2) is 24.3 Å². The first-order chi connectivity index (χ1) is 9.81. The number of benzene rings is 1. The molecule has 114 valence electrons. The summed E-state index contributed by atoms with van der Waals surface area (Å²) < 4.78 is 13.4. The molecule has 1 aromatic carbocycles. The summed E-state index contributed by atoms with van der Waals surface area (Å²) in [7, 11) is 1.35. The van der Waals surface area contributed by atoms with Gasteiger partial charge in [0.1, 0.15) is 11.9 Å². The van der Waals surface area contributed by atoms with E-state index in [1.165, 1.54) is 25.2 Å². The molecule has 3 N–H and O–H groups in total. The number of aliphatic carboxylic acids is 2. The Hall–Kier alpha value is -2.64. The molecule has 1 aromatic rings. The zero-order chi connectivity index (χ0) is 16.0. The van der Waals surface area contributed by atoms with Crippen molar-refractivity contribution in [2.45, 2.75) is 19.0 Å². The van der Waals surface area contributed by atoms with Gasteiger partial charge in [0, 0.05) is 19.2 Å². The maximum absolute atomic E-state index is 13.4. The molecule has 0 saturated heterocycles. The first-order valence-corrected chi connectivity index (χ1v) is 6.01. The Kier molecular flexibility index (Phi) is 5.65. The smallest absolute Gasteiger partial charge is 0.326 e. The number of hydrogen-bond acceptors (Lipinski definition) is 3. The van der Waals surface area contributed by atoms with E-state index in [2.05, 4.69) is 5.32 Å². The lowest BCUT2D eigenvalue weighted by Crippen LogP contribution is -2.47. The molecule has 0 radical (unpaired) electrons. The van der Waals surface area contributed by atoms with Crippen molar-refractivity contribution in [3.05, 3.63) is 35.6 Å². The third kappa shape index (κ3) is 5.09. The molecule has 1 atom stereocenters. The normalized spacial score (nSPS) is 11.5. The summed E-state index contributed by atoms with van der Waals surface area (Å²) in [6, 6.07) is 3.50. The Labute approximate surface area is 120 Å². The van der Waals surface area contributed by atoms with Crippen LogP contribution in [0, 0.1) is 5.82 Å². The van der Waals surface area contributed by atoms with Crippen LogP contribution < -0.4 is 5.32 Å². The molecule has 0 aliphatic heterocycles. The lowest BCUT2D eigenvalue weighted by atomic mass is 10.2. The maximum atomic E-state index is 13.4. The molecule has 8 heteroatoms. The predicted molar refractivity (Wildman–Crippen MR) is 70.1 cm³/mol. The second kappa shape index (κ2) is 7.22. The Morgan fingerprint density at radius 1 is 1.29 bits per heavy atom. The molecule has 0 fully saturated rings. The number of carbonyl (C=O) groups is 3. The van der Waals surface area contributed by atoms with Gasteiger partial charge >= 0.3 is 18.0 Å². The number of nitrogens with zero attached hydrogens (tertiary/aromatic N) is 1. The summed E-state index contributed by atoms with van der Waals surface area (Å²) >= 11 is 0. The summed E-state index contributed by atoms with van der Waals surface area (Å²) in [4.78, 5) is 34.2. The predicted octanol–water partition coefficient (Wildman–Crippen LogP) is 0.895. The lowest BCUT2D eigenvalue weighted by Gasteiger charge is -2.21. The van der Waals surface area contributed by atoms with Gasteiger partial charge in [0.05, 0.1) is 6.42 Å². The highest BCUT2D eigenvalue weighted by molar-refractivity contribution is 5.86. The van der Waals surface area contributed by atoms with Gasteiger partial charge in [-0.15, -0.1) is 0 Å². The Morgan fingerprint density at radius 3 is 2.43 bits per heavy atom. The topological polar surface area (TPSA) is 107 Å². The summed E-state index contributed by atoms with van der Waals surface area (Å²) in [5.74, 6) is -3.29. The summed E-state index contributed by atoms with van der Waals surface area (Å²) in [5.41, 5.74) is 0.264. The van der Waals surface area contributed by atoms with Crippen LogP contribution in [0.2, 0.25) is 0 Å². The molecule has 0 aliphatic carbocycles. The van der Waals surface area contributed by atoms with Gasteiger partial charge in [-0.25, -0.2) is 14.0 Å². The Balaban J connectivity index is 2.67. The van der Waals surface area contributed by atoms with Gasteiger partial charge < -0.3 is 20.4 Å². The van der Waals surface area contributed by atoms with Crippen LogP contribution in [0.1, 0.15) is 12.0 Å². The summed E-state index contributed by atoms with van der Waals surface area (Å²) in [6.45, 7) is -0.0715. The number of carbonyl (C=O) groups excluding carboxylic acids is 1. The summed E-state index contributed by atoms with van der Waals surface area (Å²) in [5, 5.41) is 19.5. The number of carboxylic acids is 2. The van der Waals surface area contributed by atoms with Crippen LogP contribution >= 0.6 is 0 Å². The van der Waals surface area contributed by atoms with Crippen LogP contribution in [-0.2, 0) is 16.1 Å². The average molecular weight is 298 g/mol. The van der Waals surface area contributed by atoms with Gasteiger partial charge in [0.15, 0.2) is 0 Å². The first kappa shape index (κ1) is 16.4. The van der Waals surface area contributed by atoms with Crippen molar-refractivity contribution in [2.24, 2.45) is 0 Å². The largest absolute Gasteiger partial charge is 0.481 e. The summed E-state index contributed by atoms with van der Waals surface area (Å²) in [6.07, 6.45) is -0.741. The van der Waals surface area contributed by atoms with E-state index in [9.17, 15) is 18.8 Å². The third-order valence-corrected chi connectivity index (χ3v) is 2.69. The van der Waals surface area contributed by atoms with E-state index in [-0.39, 0.29) is 12.1 Å². The molecule has 1 rings (SSSR count). The highest BCUT2D eigenvalue weighted by atomic mass is 19.1. The minimum Gasteiger partial charge on any atom is -0.481 e.